The van der Waals surface area contributed by atoms with Crippen molar-refractivity contribution in [1.82, 2.24) is 4.90 Å². The van der Waals surface area contributed by atoms with Gasteiger partial charge in [0.1, 0.15) is 6.10 Å². The molecule has 1 aromatic rings. The van der Waals surface area contributed by atoms with E-state index >= 15 is 0 Å². The van der Waals surface area contributed by atoms with Crippen molar-refractivity contribution in [1.29, 1.82) is 0 Å². The molecule has 4 rings (SSSR count). The van der Waals surface area contributed by atoms with Crippen LogP contribution in [0.5, 0.6) is 0 Å². The molecule has 0 aromatic heterocycles. The number of amides is 1. The number of esters is 1. The van der Waals surface area contributed by atoms with Gasteiger partial charge in [-0.3, -0.25) is 13.8 Å². The quantitative estimate of drug-likeness (QED) is 0.590. The Morgan fingerprint density at radius 3 is 2.68 bits per heavy atom. The van der Waals surface area contributed by atoms with Crippen LogP contribution in [0.2, 0.25) is 0 Å². The Kier molecular flexibility index (Phi) is 3.66. The zero-order valence-electron chi connectivity index (χ0n) is 13.8. The summed E-state index contributed by atoms with van der Waals surface area (Å²) < 4.78 is 35.8. The number of rotatable bonds is 3. The van der Waals surface area contributed by atoms with Gasteiger partial charge in [0, 0.05) is 13.0 Å². The Hall–Kier alpha value is -1.93. The first-order chi connectivity index (χ1) is 11.8. The van der Waals surface area contributed by atoms with Gasteiger partial charge in [0.2, 0.25) is 5.91 Å². The number of hydrogen-bond acceptors (Lipinski definition) is 6. The van der Waals surface area contributed by atoms with Crippen LogP contribution in [-0.2, 0) is 28.6 Å². The van der Waals surface area contributed by atoms with Gasteiger partial charge in [-0.15, -0.1) is 0 Å². The first-order valence-corrected chi connectivity index (χ1v) is 9.71. The van der Waals surface area contributed by atoms with E-state index in [1.54, 1.807) is 17.0 Å². The molecule has 1 aromatic carbocycles. The van der Waals surface area contributed by atoms with E-state index in [1.165, 1.54) is 12.1 Å². The van der Waals surface area contributed by atoms with Crippen molar-refractivity contribution in [3.63, 3.8) is 0 Å². The molecule has 3 heterocycles. The second kappa shape index (κ2) is 5.54. The molecule has 3 aliphatic heterocycles. The van der Waals surface area contributed by atoms with E-state index in [0.717, 1.165) is 5.56 Å². The van der Waals surface area contributed by atoms with Gasteiger partial charge in [-0.2, -0.15) is 8.42 Å². The number of piperidine rings is 1. The molecule has 0 bridgehead atoms. The van der Waals surface area contributed by atoms with Crippen molar-refractivity contribution in [2.45, 2.75) is 55.2 Å². The molecule has 7 nitrogen and oxygen atoms in total. The summed E-state index contributed by atoms with van der Waals surface area (Å²) in [4.78, 5) is 25.7. The Bertz CT molecular complexity index is 833. The second-order valence-corrected chi connectivity index (χ2v) is 8.56. The van der Waals surface area contributed by atoms with Gasteiger partial charge in [-0.1, -0.05) is 17.7 Å². The van der Waals surface area contributed by atoms with E-state index in [-0.39, 0.29) is 29.6 Å². The van der Waals surface area contributed by atoms with Crippen LogP contribution in [0.1, 0.15) is 31.2 Å². The number of aryl methyl sites for hydroxylation is 1. The summed E-state index contributed by atoms with van der Waals surface area (Å²) in [6.07, 6.45) is -0.0945. The summed E-state index contributed by atoms with van der Waals surface area (Å²) in [6.45, 7) is 2.25. The van der Waals surface area contributed by atoms with E-state index in [4.69, 9.17) is 8.92 Å². The summed E-state index contributed by atoms with van der Waals surface area (Å²) in [5.41, 5.74) is 0.208. The van der Waals surface area contributed by atoms with Crippen molar-refractivity contribution in [2.24, 2.45) is 0 Å². The van der Waals surface area contributed by atoms with E-state index in [0.29, 0.717) is 19.4 Å². The SMILES string of the molecule is Cc1ccc(S(=O)(=O)OC2CCN3C(=O)C[C@@H]4OC(=O)C[C@@]43C2)cc1. The third-order valence-electron chi connectivity index (χ3n) is 5.35. The lowest BCUT2D eigenvalue weighted by molar-refractivity contribution is -0.142. The van der Waals surface area contributed by atoms with Gasteiger partial charge >= 0.3 is 5.97 Å². The standard InChI is InChI=1S/C17H19NO6S/c1-11-2-4-13(5-3-11)25(21,22)24-12-6-7-18-15(19)8-14-17(18,9-12)10-16(20)23-14/h2-5,12,14H,6-10H2,1H3/t12?,14-,17-/m0/s1. The average Bonchev–Trinajstić information content (AvgIpc) is 2.95. The highest BCUT2D eigenvalue weighted by Gasteiger charge is 2.62. The summed E-state index contributed by atoms with van der Waals surface area (Å²) in [5.74, 6) is -0.387. The highest BCUT2D eigenvalue weighted by Crippen LogP contribution is 2.47. The van der Waals surface area contributed by atoms with Crippen LogP contribution >= 0.6 is 0 Å². The number of carbonyl (C=O) groups is 2. The first-order valence-electron chi connectivity index (χ1n) is 8.30. The lowest BCUT2D eigenvalue weighted by Gasteiger charge is -2.43. The monoisotopic (exact) mass is 365 g/mol. The number of ether oxygens (including phenoxy) is 1. The smallest absolute Gasteiger partial charge is 0.308 e. The van der Waals surface area contributed by atoms with E-state index in [9.17, 15) is 18.0 Å². The molecule has 3 saturated heterocycles. The zero-order chi connectivity index (χ0) is 17.8. The fourth-order valence-electron chi connectivity index (χ4n) is 4.14. The van der Waals surface area contributed by atoms with Crippen molar-refractivity contribution in [2.75, 3.05) is 6.54 Å². The molecule has 25 heavy (non-hydrogen) atoms. The predicted molar refractivity (Wildman–Crippen MR) is 86.0 cm³/mol. The number of hydrogen-bond donors (Lipinski definition) is 0. The molecule has 1 unspecified atom stereocenters. The molecule has 8 heteroatoms. The maximum absolute atomic E-state index is 12.5. The van der Waals surface area contributed by atoms with Crippen LogP contribution in [0.25, 0.3) is 0 Å². The molecular weight excluding hydrogens is 346 g/mol. The van der Waals surface area contributed by atoms with E-state index in [1.807, 2.05) is 6.92 Å². The Balaban J connectivity index is 1.56. The molecule has 0 radical (unpaired) electrons. The van der Waals surface area contributed by atoms with Crippen LogP contribution in [0, 0.1) is 6.92 Å². The molecule has 0 saturated carbocycles. The molecule has 3 atom stereocenters. The van der Waals surface area contributed by atoms with Crippen molar-refractivity contribution < 1.29 is 26.9 Å². The fourth-order valence-corrected chi connectivity index (χ4v) is 5.25. The van der Waals surface area contributed by atoms with Crippen LogP contribution in [0.3, 0.4) is 0 Å². The van der Waals surface area contributed by atoms with Crippen LogP contribution in [0.4, 0.5) is 0 Å². The third kappa shape index (κ3) is 2.64. The number of benzene rings is 1. The third-order valence-corrected chi connectivity index (χ3v) is 6.73. The minimum atomic E-state index is -3.89. The topological polar surface area (TPSA) is 90.0 Å². The van der Waals surface area contributed by atoms with Crippen molar-refractivity contribution in [3.8, 4) is 0 Å². The van der Waals surface area contributed by atoms with E-state index in [2.05, 4.69) is 0 Å². The summed E-state index contributed by atoms with van der Waals surface area (Å²) in [7, 11) is -3.89. The maximum atomic E-state index is 12.5. The average molecular weight is 365 g/mol. The van der Waals surface area contributed by atoms with Crippen LogP contribution in [0.15, 0.2) is 29.2 Å². The lowest BCUT2D eigenvalue weighted by atomic mass is 9.82. The molecule has 1 amide bonds. The van der Waals surface area contributed by atoms with Gasteiger partial charge in [0.15, 0.2) is 0 Å². The summed E-state index contributed by atoms with van der Waals surface area (Å²) in [5, 5.41) is 0. The Morgan fingerprint density at radius 2 is 1.96 bits per heavy atom. The number of carbonyl (C=O) groups excluding carboxylic acids is 2. The molecule has 0 aliphatic carbocycles. The van der Waals surface area contributed by atoms with Gasteiger partial charge in [0.25, 0.3) is 10.1 Å². The number of nitrogens with zero attached hydrogens (tertiary/aromatic N) is 1. The Labute approximate surface area is 146 Å². The van der Waals surface area contributed by atoms with Gasteiger partial charge < -0.3 is 9.64 Å². The van der Waals surface area contributed by atoms with Crippen molar-refractivity contribution in [3.05, 3.63) is 29.8 Å². The minimum Gasteiger partial charge on any atom is -0.459 e. The highest BCUT2D eigenvalue weighted by molar-refractivity contribution is 7.86. The van der Waals surface area contributed by atoms with Gasteiger partial charge in [-0.25, -0.2) is 0 Å². The minimum absolute atomic E-state index is 0.0441. The molecule has 1 spiro atoms. The molecule has 134 valence electrons. The van der Waals surface area contributed by atoms with Crippen LogP contribution in [-0.4, -0.2) is 49.5 Å². The van der Waals surface area contributed by atoms with Crippen molar-refractivity contribution >= 4 is 22.0 Å². The largest absolute Gasteiger partial charge is 0.459 e. The van der Waals surface area contributed by atoms with E-state index < -0.39 is 27.9 Å². The lowest BCUT2D eigenvalue weighted by Crippen LogP contribution is -2.56. The molecule has 0 N–H and O–H groups in total. The second-order valence-electron chi connectivity index (χ2n) is 6.99. The van der Waals surface area contributed by atoms with Gasteiger partial charge in [0.05, 0.1) is 29.4 Å². The Morgan fingerprint density at radius 1 is 1.24 bits per heavy atom. The maximum Gasteiger partial charge on any atom is 0.308 e. The molecule has 3 aliphatic rings. The molecular formula is C17H19NO6S. The summed E-state index contributed by atoms with van der Waals surface area (Å²) >= 11 is 0. The fraction of sp³-hybridized carbons (Fsp3) is 0.529. The zero-order valence-corrected chi connectivity index (χ0v) is 14.6. The molecule has 3 fully saturated rings. The highest BCUT2D eigenvalue weighted by atomic mass is 32.2. The van der Waals surface area contributed by atoms with Gasteiger partial charge in [-0.05, 0) is 25.5 Å². The van der Waals surface area contributed by atoms with Crippen LogP contribution < -0.4 is 0 Å². The normalized spacial score (nSPS) is 31.6. The first kappa shape index (κ1) is 16.5. The predicted octanol–water partition coefficient (Wildman–Crippen LogP) is 1.15. The summed E-state index contributed by atoms with van der Waals surface area (Å²) in [6, 6.07) is 6.46.